The van der Waals surface area contributed by atoms with E-state index in [0.29, 0.717) is 5.82 Å². The molecule has 0 atom stereocenters. The lowest BCUT2D eigenvalue weighted by atomic mass is 10.0. The quantitative estimate of drug-likeness (QED) is 0.536. The normalized spacial score (nSPS) is 12.7. The van der Waals surface area contributed by atoms with E-state index in [1.807, 2.05) is 10.8 Å². The predicted molar refractivity (Wildman–Crippen MR) is 110 cm³/mol. The molecule has 0 fully saturated rings. The largest absolute Gasteiger partial charge is 0.364 e. The predicted octanol–water partition coefficient (Wildman–Crippen LogP) is 4.71. The van der Waals surface area contributed by atoms with Crippen LogP contribution < -0.4 is 5.32 Å². The number of aromatic nitrogens is 4. The molecule has 2 aromatic heterocycles. The van der Waals surface area contributed by atoms with Crippen molar-refractivity contribution in [3.05, 3.63) is 89.8 Å². The van der Waals surface area contributed by atoms with E-state index in [2.05, 4.69) is 33.5 Å². The molecular weight excluding hydrogens is 384 g/mol. The van der Waals surface area contributed by atoms with E-state index < -0.39 is 11.6 Å². The molecular formula is C23H19F2N5. The first-order chi connectivity index (χ1) is 14.7. The minimum Gasteiger partial charge on any atom is -0.364 e. The highest BCUT2D eigenvalue weighted by atomic mass is 19.1. The van der Waals surface area contributed by atoms with Crippen molar-refractivity contribution in [2.24, 2.45) is 0 Å². The lowest BCUT2D eigenvalue weighted by molar-refractivity contribution is 0.560. The summed E-state index contributed by atoms with van der Waals surface area (Å²) in [5.41, 5.74) is 5.04. The summed E-state index contributed by atoms with van der Waals surface area (Å²) in [5, 5.41) is 3.00. The Kier molecular flexibility index (Phi) is 4.71. The third kappa shape index (κ3) is 3.43. The first-order valence-corrected chi connectivity index (χ1v) is 9.83. The van der Waals surface area contributed by atoms with Crippen LogP contribution in [0.1, 0.15) is 23.2 Å². The molecule has 150 valence electrons. The highest BCUT2D eigenvalue weighted by molar-refractivity contribution is 5.70. The number of anilines is 1. The maximum absolute atomic E-state index is 13.9. The SMILES string of the molecule is Fc1cccc(F)c1CNc1cnc2c(n1)CCCc1ccc(-n3ccnc3)cc1-2. The van der Waals surface area contributed by atoms with Crippen LogP contribution in [0, 0.1) is 11.6 Å². The molecule has 1 aliphatic rings. The number of hydrogen-bond donors (Lipinski definition) is 1. The maximum Gasteiger partial charge on any atom is 0.145 e. The number of benzene rings is 2. The molecule has 0 saturated heterocycles. The Hall–Kier alpha value is -3.61. The molecule has 2 aromatic carbocycles. The lowest BCUT2D eigenvalue weighted by Crippen LogP contribution is -2.08. The third-order valence-electron chi connectivity index (χ3n) is 5.36. The van der Waals surface area contributed by atoms with Gasteiger partial charge in [0.2, 0.25) is 0 Å². The van der Waals surface area contributed by atoms with Crippen LogP contribution in [0.3, 0.4) is 0 Å². The first kappa shape index (κ1) is 18.4. The Balaban J connectivity index is 1.46. The molecule has 0 aliphatic heterocycles. The molecule has 0 bridgehead atoms. The van der Waals surface area contributed by atoms with E-state index in [0.717, 1.165) is 41.9 Å². The summed E-state index contributed by atoms with van der Waals surface area (Å²) in [5.74, 6) is -0.650. The maximum atomic E-state index is 13.9. The van der Waals surface area contributed by atoms with Gasteiger partial charge in [-0.3, -0.25) is 4.98 Å². The Morgan fingerprint density at radius 3 is 2.73 bits per heavy atom. The van der Waals surface area contributed by atoms with Crippen molar-refractivity contribution in [1.82, 2.24) is 19.5 Å². The van der Waals surface area contributed by atoms with Crippen LogP contribution in [0.15, 0.2) is 61.3 Å². The summed E-state index contributed by atoms with van der Waals surface area (Å²) in [7, 11) is 0. The molecule has 0 unspecified atom stereocenters. The molecule has 2 heterocycles. The minimum atomic E-state index is -0.578. The Labute approximate surface area is 172 Å². The van der Waals surface area contributed by atoms with E-state index in [4.69, 9.17) is 4.98 Å². The summed E-state index contributed by atoms with van der Waals surface area (Å²) in [6.07, 6.45) is 9.73. The Bertz CT molecular complexity index is 1180. The second-order valence-corrected chi connectivity index (χ2v) is 7.27. The van der Waals surface area contributed by atoms with Gasteiger partial charge in [0.15, 0.2) is 0 Å². The van der Waals surface area contributed by atoms with Crippen LogP contribution in [-0.2, 0) is 19.4 Å². The van der Waals surface area contributed by atoms with Crippen LogP contribution in [0.5, 0.6) is 0 Å². The number of nitrogens with zero attached hydrogens (tertiary/aromatic N) is 4. The average Bonchev–Trinajstić information content (AvgIpc) is 3.23. The third-order valence-corrected chi connectivity index (χ3v) is 5.36. The van der Waals surface area contributed by atoms with Gasteiger partial charge in [0.05, 0.1) is 23.9 Å². The molecule has 5 nitrogen and oxygen atoms in total. The van der Waals surface area contributed by atoms with Crippen molar-refractivity contribution in [2.45, 2.75) is 25.8 Å². The Morgan fingerprint density at radius 1 is 1.07 bits per heavy atom. The van der Waals surface area contributed by atoms with Gasteiger partial charge in [0.1, 0.15) is 17.5 Å². The summed E-state index contributed by atoms with van der Waals surface area (Å²) >= 11 is 0. The summed E-state index contributed by atoms with van der Waals surface area (Å²) in [6.45, 7) is 0.00728. The molecule has 0 amide bonds. The summed E-state index contributed by atoms with van der Waals surface area (Å²) < 4.78 is 29.7. The zero-order chi connectivity index (χ0) is 20.5. The lowest BCUT2D eigenvalue weighted by Gasteiger charge is -2.13. The average molecular weight is 403 g/mol. The van der Waals surface area contributed by atoms with Gasteiger partial charge in [-0.25, -0.2) is 18.7 Å². The van der Waals surface area contributed by atoms with E-state index in [-0.39, 0.29) is 12.1 Å². The van der Waals surface area contributed by atoms with Gasteiger partial charge < -0.3 is 9.88 Å². The van der Waals surface area contributed by atoms with Gasteiger partial charge in [0, 0.05) is 35.8 Å². The van der Waals surface area contributed by atoms with Gasteiger partial charge in [-0.15, -0.1) is 0 Å². The fraction of sp³-hybridized carbons (Fsp3) is 0.174. The molecule has 1 aliphatic carbocycles. The topological polar surface area (TPSA) is 55.6 Å². The van der Waals surface area contributed by atoms with Crippen LogP contribution in [0.2, 0.25) is 0 Å². The highest BCUT2D eigenvalue weighted by Gasteiger charge is 2.18. The second-order valence-electron chi connectivity index (χ2n) is 7.27. The van der Waals surface area contributed by atoms with Crippen molar-refractivity contribution in [2.75, 3.05) is 5.32 Å². The van der Waals surface area contributed by atoms with Crippen molar-refractivity contribution < 1.29 is 8.78 Å². The van der Waals surface area contributed by atoms with E-state index in [1.54, 1.807) is 18.7 Å². The fourth-order valence-corrected chi connectivity index (χ4v) is 3.81. The van der Waals surface area contributed by atoms with Gasteiger partial charge in [-0.1, -0.05) is 12.1 Å². The zero-order valence-corrected chi connectivity index (χ0v) is 16.1. The summed E-state index contributed by atoms with van der Waals surface area (Å²) in [4.78, 5) is 13.5. The van der Waals surface area contributed by atoms with Crippen LogP contribution in [0.4, 0.5) is 14.6 Å². The molecule has 5 rings (SSSR count). The van der Waals surface area contributed by atoms with Gasteiger partial charge in [-0.2, -0.15) is 0 Å². The van der Waals surface area contributed by atoms with Gasteiger partial charge >= 0.3 is 0 Å². The smallest absolute Gasteiger partial charge is 0.145 e. The number of halogens is 2. The zero-order valence-electron chi connectivity index (χ0n) is 16.1. The number of aryl methyl sites for hydroxylation is 2. The van der Waals surface area contributed by atoms with Gasteiger partial charge in [0.25, 0.3) is 0 Å². The standard InChI is InChI=1S/C23H19F2N5/c24-19-4-2-5-20(25)18(19)12-27-22-13-28-23-17-11-16(30-10-9-26-14-30)8-7-15(17)3-1-6-21(23)29-22/h2,4-5,7-11,13-14H,1,3,6,12H2,(H,27,29). The van der Waals surface area contributed by atoms with Crippen molar-refractivity contribution in [3.8, 4) is 16.9 Å². The number of fused-ring (bicyclic) bond motifs is 3. The van der Waals surface area contributed by atoms with Crippen LogP contribution in [-0.4, -0.2) is 19.5 Å². The van der Waals surface area contributed by atoms with Crippen molar-refractivity contribution in [1.29, 1.82) is 0 Å². The minimum absolute atomic E-state index is 0.00728. The molecule has 0 spiro atoms. The van der Waals surface area contributed by atoms with Gasteiger partial charge in [-0.05, 0) is 49.1 Å². The van der Waals surface area contributed by atoms with Crippen molar-refractivity contribution in [3.63, 3.8) is 0 Å². The summed E-state index contributed by atoms with van der Waals surface area (Å²) in [6, 6.07) is 10.2. The molecule has 0 radical (unpaired) electrons. The van der Waals surface area contributed by atoms with Crippen LogP contribution in [0.25, 0.3) is 16.9 Å². The first-order valence-electron chi connectivity index (χ1n) is 9.83. The van der Waals surface area contributed by atoms with E-state index in [1.165, 1.54) is 23.8 Å². The number of rotatable bonds is 4. The molecule has 30 heavy (non-hydrogen) atoms. The van der Waals surface area contributed by atoms with Crippen molar-refractivity contribution >= 4 is 5.82 Å². The van der Waals surface area contributed by atoms with E-state index >= 15 is 0 Å². The number of imidazole rings is 1. The molecule has 1 N–H and O–H groups in total. The molecule has 7 heteroatoms. The Morgan fingerprint density at radius 2 is 1.93 bits per heavy atom. The number of nitrogens with one attached hydrogen (secondary N) is 1. The second kappa shape index (κ2) is 7.67. The van der Waals surface area contributed by atoms with Crippen LogP contribution >= 0.6 is 0 Å². The molecule has 0 saturated carbocycles. The monoisotopic (exact) mass is 403 g/mol. The number of hydrogen-bond acceptors (Lipinski definition) is 4. The highest BCUT2D eigenvalue weighted by Crippen LogP contribution is 2.32. The molecule has 4 aromatic rings. The van der Waals surface area contributed by atoms with E-state index in [9.17, 15) is 8.78 Å². The fourth-order valence-electron chi connectivity index (χ4n) is 3.81.